The van der Waals surface area contributed by atoms with Gasteiger partial charge in [-0.05, 0) is 43.9 Å². The molecule has 1 saturated carbocycles. The lowest BCUT2D eigenvalue weighted by Gasteiger charge is -2.28. The molecular formula is C17H21Cl2NO3. The van der Waals surface area contributed by atoms with E-state index in [0.717, 1.165) is 32.1 Å². The number of hydrogen-bond donors (Lipinski definition) is 1. The van der Waals surface area contributed by atoms with E-state index in [9.17, 15) is 9.59 Å². The summed E-state index contributed by atoms with van der Waals surface area (Å²) < 4.78 is 5.11. The molecule has 0 saturated heterocycles. The van der Waals surface area contributed by atoms with E-state index in [-0.39, 0.29) is 18.4 Å². The third-order valence-electron chi connectivity index (χ3n) is 4.13. The minimum Gasteiger partial charge on any atom is -0.465 e. The van der Waals surface area contributed by atoms with Crippen molar-refractivity contribution in [3.05, 3.63) is 28.2 Å². The van der Waals surface area contributed by atoms with Crippen LogP contribution in [-0.4, -0.2) is 18.5 Å². The molecule has 0 spiro atoms. The summed E-state index contributed by atoms with van der Waals surface area (Å²) in [5.74, 6) is -1.53. The van der Waals surface area contributed by atoms with Gasteiger partial charge in [0.2, 0.25) is 5.91 Å². The quantitative estimate of drug-likeness (QED) is 0.614. The van der Waals surface area contributed by atoms with Crippen molar-refractivity contribution in [2.75, 3.05) is 11.9 Å². The van der Waals surface area contributed by atoms with Crippen LogP contribution in [0.4, 0.5) is 5.69 Å². The average Bonchev–Trinajstić information content (AvgIpc) is 2.52. The van der Waals surface area contributed by atoms with Crippen molar-refractivity contribution in [2.24, 2.45) is 11.8 Å². The summed E-state index contributed by atoms with van der Waals surface area (Å²) in [5, 5.41) is 3.54. The number of rotatable bonds is 5. The van der Waals surface area contributed by atoms with E-state index >= 15 is 0 Å². The summed E-state index contributed by atoms with van der Waals surface area (Å²) in [4.78, 5) is 24.9. The molecule has 0 radical (unpaired) electrons. The summed E-state index contributed by atoms with van der Waals surface area (Å²) in [6, 6.07) is 4.85. The summed E-state index contributed by atoms with van der Waals surface area (Å²) in [5.41, 5.74) is 0.523. The third-order valence-corrected chi connectivity index (χ3v) is 4.87. The number of ether oxygens (including phenoxy) is 1. The summed E-state index contributed by atoms with van der Waals surface area (Å²) in [6.07, 6.45) is 4.98. The fourth-order valence-electron chi connectivity index (χ4n) is 3.01. The fourth-order valence-corrected chi connectivity index (χ4v) is 3.31. The van der Waals surface area contributed by atoms with Gasteiger partial charge in [0, 0.05) is 5.69 Å². The van der Waals surface area contributed by atoms with Gasteiger partial charge in [0.15, 0.2) is 0 Å². The van der Waals surface area contributed by atoms with Crippen molar-refractivity contribution in [1.29, 1.82) is 0 Å². The first-order valence-electron chi connectivity index (χ1n) is 7.95. The van der Waals surface area contributed by atoms with Gasteiger partial charge in [-0.2, -0.15) is 0 Å². The standard InChI is InChI=1S/C17H21Cl2NO3/c1-2-23-17(22)15(11-6-4-3-5-7-11)16(21)20-12-8-9-13(18)14(19)10-12/h8-11,15H,2-7H2,1H3,(H,20,21). The van der Waals surface area contributed by atoms with Gasteiger partial charge in [-0.15, -0.1) is 0 Å². The first kappa shape index (κ1) is 18.1. The Balaban J connectivity index is 2.14. The van der Waals surface area contributed by atoms with Crippen LogP contribution >= 0.6 is 23.2 Å². The van der Waals surface area contributed by atoms with E-state index in [4.69, 9.17) is 27.9 Å². The summed E-state index contributed by atoms with van der Waals surface area (Å²) in [6.45, 7) is 2.01. The van der Waals surface area contributed by atoms with Crippen LogP contribution in [0.1, 0.15) is 39.0 Å². The normalized spacial score (nSPS) is 16.7. The first-order valence-corrected chi connectivity index (χ1v) is 8.71. The van der Waals surface area contributed by atoms with E-state index in [2.05, 4.69) is 5.32 Å². The predicted octanol–water partition coefficient (Wildman–Crippen LogP) is 4.69. The summed E-state index contributed by atoms with van der Waals surface area (Å²) >= 11 is 11.8. The van der Waals surface area contributed by atoms with Crippen LogP contribution in [0.5, 0.6) is 0 Å². The zero-order valence-corrected chi connectivity index (χ0v) is 14.6. The van der Waals surface area contributed by atoms with Gasteiger partial charge in [0.25, 0.3) is 0 Å². The Morgan fingerprint density at radius 2 is 1.91 bits per heavy atom. The fraction of sp³-hybridized carbons (Fsp3) is 0.529. The molecule has 1 aromatic carbocycles. The van der Waals surface area contributed by atoms with Crippen LogP contribution in [0.2, 0.25) is 10.0 Å². The minimum atomic E-state index is -0.773. The molecular weight excluding hydrogens is 337 g/mol. The zero-order chi connectivity index (χ0) is 16.8. The van der Waals surface area contributed by atoms with Gasteiger partial charge >= 0.3 is 5.97 Å². The topological polar surface area (TPSA) is 55.4 Å². The smallest absolute Gasteiger partial charge is 0.318 e. The number of hydrogen-bond acceptors (Lipinski definition) is 3. The highest BCUT2D eigenvalue weighted by molar-refractivity contribution is 6.42. The molecule has 1 N–H and O–H groups in total. The van der Waals surface area contributed by atoms with Crippen molar-refractivity contribution < 1.29 is 14.3 Å². The van der Waals surface area contributed by atoms with Crippen LogP contribution in [-0.2, 0) is 14.3 Å². The van der Waals surface area contributed by atoms with E-state index < -0.39 is 11.9 Å². The minimum absolute atomic E-state index is 0.0329. The highest BCUT2D eigenvalue weighted by Crippen LogP contribution is 2.32. The number of benzene rings is 1. The Morgan fingerprint density at radius 1 is 1.22 bits per heavy atom. The Bertz CT molecular complexity index is 571. The van der Waals surface area contributed by atoms with Crippen LogP contribution in [0, 0.1) is 11.8 Å². The monoisotopic (exact) mass is 357 g/mol. The van der Waals surface area contributed by atoms with E-state index in [1.165, 1.54) is 0 Å². The summed E-state index contributed by atoms with van der Waals surface area (Å²) in [7, 11) is 0. The molecule has 1 aliphatic carbocycles. The lowest BCUT2D eigenvalue weighted by molar-refractivity contribution is -0.153. The third kappa shape index (κ3) is 4.85. The molecule has 1 aliphatic rings. The van der Waals surface area contributed by atoms with Crippen molar-refractivity contribution in [3.8, 4) is 0 Å². The van der Waals surface area contributed by atoms with E-state index in [1.807, 2.05) is 0 Å². The lowest BCUT2D eigenvalue weighted by atomic mass is 9.79. The Morgan fingerprint density at radius 3 is 2.52 bits per heavy atom. The number of halogens is 2. The molecule has 6 heteroatoms. The van der Waals surface area contributed by atoms with Crippen LogP contribution in [0.15, 0.2) is 18.2 Å². The molecule has 1 aromatic rings. The van der Waals surface area contributed by atoms with Crippen molar-refractivity contribution in [1.82, 2.24) is 0 Å². The molecule has 0 aromatic heterocycles. The Labute approximate surface area is 146 Å². The second kappa shape index (κ2) is 8.55. The first-order chi connectivity index (χ1) is 11.0. The van der Waals surface area contributed by atoms with Gasteiger partial charge in [-0.1, -0.05) is 42.5 Å². The largest absolute Gasteiger partial charge is 0.465 e. The van der Waals surface area contributed by atoms with Gasteiger partial charge in [0.05, 0.1) is 16.7 Å². The maximum atomic E-state index is 12.6. The second-order valence-corrected chi connectivity index (χ2v) is 6.56. The molecule has 23 heavy (non-hydrogen) atoms. The van der Waals surface area contributed by atoms with Crippen molar-refractivity contribution in [3.63, 3.8) is 0 Å². The average molecular weight is 358 g/mol. The van der Waals surface area contributed by atoms with Gasteiger partial charge in [-0.25, -0.2) is 0 Å². The number of carbonyl (C=O) groups excluding carboxylic acids is 2. The van der Waals surface area contributed by atoms with Crippen molar-refractivity contribution >= 4 is 40.8 Å². The van der Waals surface area contributed by atoms with E-state index in [0.29, 0.717) is 15.7 Å². The molecule has 0 heterocycles. The molecule has 1 amide bonds. The number of nitrogens with one attached hydrogen (secondary N) is 1. The number of amides is 1. The SMILES string of the molecule is CCOC(=O)C(C(=O)Nc1ccc(Cl)c(Cl)c1)C1CCCCC1. The molecule has 1 unspecified atom stereocenters. The molecule has 4 nitrogen and oxygen atoms in total. The van der Waals surface area contributed by atoms with Crippen LogP contribution in [0.3, 0.4) is 0 Å². The molecule has 1 atom stereocenters. The number of carbonyl (C=O) groups is 2. The lowest BCUT2D eigenvalue weighted by Crippen LogP contribution is -2.37. The number of anilines is 1. The Kier molecular flexibility index (Phi) is 6.72. The molecule has 0 bridgehead atoms. The highest BCUT2D eigenvalue weighted by atomic mass is 35.5. The predicted molar refractivity (Wildman–Crippen MR) is 91.8 cm³/mol. The van der Waals surface area contributed by atoms with Crippen LogP contribution in [0.25, 0.3) is 0 Å². The Hall–Kier alpha value is -1.26. The van der Waals surface area contributed by atoms with E-state index in [1.54, 1.807) is 25.1 Å². The maximum Gasteiger partial charge on any atom is 0.318 e. The molecule has 0 aliphatic heterocycles. The van der Waals surface area contributed by atoms with Gasteiger partial charge < -0.3 is 10.1 Å². The van der Waals surface area contributed by atoms with Gasteiger partial charge in [0.1, 0.15) is 5.92 Å². The van der Waals surface area contributed by atoms with Crippen LogP contribution < -0.4 is 5.32 Å². The molecule has 1 fully saturated rings. The highest BCUT2D eigenvalue weighted by Gasteiger charge is 2.36. The number of esters is 1. The zero-order valence-electron chi connectivity index (χ0n) is 13.1. The molecule has 2 rings (SSSR count). The van der Waals surface area contributed by atoms with Gasteiger partial charge in [-0.3, -0.25) is 9.59 Å². The van der Waals surface area contributed by atoms with Crippen molar-refractivity contribution in [2.45, 2.75) is 39.0 Å². The maximum absolute atomic E-state index is 12.6. The molecule has 126 valence electrons. The second-order valence-electron chi connectivity index (χ2n) is 5.75.